The van der Waals surface area contributed by atoms with Crippen LogP contribution in [0.4, 0.5) is 18.9 Å². The van der Waals surface area contributed by atoms with Gasteiger partial charge in [-0.25, -0.2) is 0 Å². The summed E-state index contributed by atoms with van der Waals surface area (Å²) < 4.78 is 40.3. The lowest BCUT2D eigenvalue weighted by atomic mass is 10.1. The smallest absolute Gasteiger partial charge is 0.371 e. The molecule has 1 heterocycles. The highest BCUT2D eigenvalue weighted by Crippen LogP contribution is 2.26. The van der Waals surface area contributed by atoms with E-state index in [4.69, 9.17) is 5.26 Å². The monoisotopic (exact) mass is 270 g/mol. The minimum atomic E-state index is -4.55. The lowest BCUT2D eigenvalue weighted by molar-refractivity contribution is -0.344. The molecule has 0 aliphatic carbocycles. The molecule has 0 radical (unpaired) electrons. The molecule has 3 nitrogen and oxygen atoms in total. The average molecular weight is 270 g/mol. The van der Waals surface area contributed by atoms with E-state index in [9.17, 15) is 13.2 Å². The summed E-state index contributed by atoms with van der Waals surface area (Å²) in [6.07, 6.45) is -4.62. The van der Waals surface area contributed by atoms with Crippen LogP contribution in [0.1, 0.15) is 18.4 Å². The fourth-order valence-electron chi connectivity index (χ4n) is 2.17. The first-order chi connectivity index (χ1) is 8.98. The molecule has 102 valence electrons. The van der Waals surface area contributed by atoms with Crippen molar-refractivity contribution in [2.75, 3.05) is 18.0 Å². The van der Waals surface area contributed by atoms with Crippen LogP contribution in [-0.4, -0.2) is 25.6 Å². The van der Waals surface area contributed by atoms with E-state index in [2.05, 4.69) is 4.74 Å². The number of ether oxygens (including phenoxy) is 1. The number of nitriles is 1. The Morgan fingerprint density at radius 1 is 1.16 bits per heavy atom. The second-order valence-corrected chi connectivity index (χ2v) is 4.41. The summed E-state index contributed by atoms with van der Waals surface area (Å²) in [6.45, 7) is 1.04. The minimum Gasteiger partial charge on any atom is -0.371 e. The van der Waals surface area contributed by atoms with Gasteiger partial charge in [0.25, 0.3) is 0 Å². The van der Waals surface area contributed by atoms with Crippen LogP contribution in [0.25, 0.3) is 0 Å². The van der Waals surface area contributed by atoms with E-state index in [0.717, 1.165) is 5.69 Å². The van der Waals surface area contributed by atoms with E-state index in [1.807, 2.05) is 23.1 Å². The molecule has 2 rings (SSSR count). The molecule has 0 aromatic heterocycles. The highest BCUT2D eigenvalue weighted by molar-refractivity contribution is 5.49. The number of benzene rings is 1. The Bertz CT molecular complexity index is 456. The molecule has 1 aromatic carbocycles. The number of piperidine rings is 1. The molecule has 6 heteroatoms. The van der Waals surface area contributed by atoms with Gasteiger partial charge in [-0.05, 0) is 37.1 Å². The fourth-order valence-corrected chi connectivity index (χ4v) is 2.17. The van der Waals surface area contributed by atoms with Gasteiger partial charge in [-0.3, -0.25) is 4.74 Å². The normalized spacial score (nSPS) is 17.3. The third-order valence-corrected chi connectivity index (χ3v) is 3.10. The molecular weight excluding hydrogens is 257 g/mol. The van der Waals surface area contributed by atoms with Gasteiger partial charge in [-0.1, -0.05) is 0 Å². The SMILES string of the molecule is N#Cc1ccc(N2CCC(OC(F)(F)F)CC2)cc1. The molecule has 0 saturated carbocycles. The van der Waals surface area contributed by atoms with Crippen molar-refractivity contribution in [2.45, 2.75) is 25.3 Å². The predicted molar refractivity (Wildman–Crippen MR) is 63.5 cm³/mol. The highest BCUT2D eigenvalue weighted by Gasteiger charge is 2.34. The molecule has 19 heavy (non-hydrogen) atoms. The second kappa shape index (κ2) is 5.49. The van der Waals surface area contributed by atoms with Crippen LogP contribution in [-0.2, 0) is 4.74 Å². The summed E-state index contributed by atoms with van der Waals surface area (Å²) >= 11 is 0. The quantitative estimate of drug-likeness (QED) is 0.828. The van der Waals surface area contributed by atoms with Gasteiger partial charge in [0.05, 0.1) is 17.7 Å². The van der Waals surface area contributed by atoms with Gasteiger partial charge in [-0.2, -0.15) is 5.26 Å². The standard InChI is InChI=1S/C13H13F3N2O/c14-13(15,16)19-12-5-7-18(8-6-12)11-3-1-10(9-17)2-4-11/h1-4,12H,5-8H2. The first kappa shape index (κ1) is 13.7. The lowest BCUT2D eigenvalue weighted by Gasteiger charge is -2.33. The Labute approximate surface area is 109 Å². The van der Waals surface area contributed by atoms with Gasteiger partial charge in [0.15, 0.2) is 0 Å². The molecule has 1 fully saturated rings. The summed E-state index contributed by atoms with van der Waals surface area (Å²) in [5.41, 5.74) is 1.49. The van der Waals surface area contributed by atoms with Crippen LogP contribution >= 0.6 is 0 Å². The zero-order valence-electron chi connectivity index (χ0n) is 10.2. The number of rotatable bonds is 2. The number of halogens is 3. The maximum atomic E-state index is 12.1. The molecule has 0 spiro atoms. The van der Waals surface area contributed by atoms with E-state index < -0.39 is 12.5 Å². The maximum Gasteiger partial charge on any atom is 0.522 e. The molecule has 1 aromatic rings. The van der Waals surface area contributed by atoms with Crippen LogP contribution in [0.5, 0.6) is 0 Å². The third kappa shape index (κ3) is 3.86. The Morgan fingerprint density at radius 3 is 2.21 bits per heavy atom. The largest absolute Gasteiger partial charge is 0.522 e. The van der Waals surface area contributed by atoms with Crippen LogP contribution in [0.3, 0.4) is 0 Å². The Kier molecular flexibility index (Phi) is 3.96. The van der Waals surface area contributed by atoms with Crippen molar-refractivity contribution >= 4 is 5.69 Å². The summed E-state index contributed by atoms with van der Waals surface area (Å²) in [5, 5.41) is 8.70. The zero-order valence-corrected chi connectivity index (χ0v) is 10.2. The molecule has 1 saturated heterocycles. The Morgan fingerprint density at radius 2 is 1.74 bits per heavy atom. The first-order valence-electron chi connectivity index (χ1n) is 5.97. The molecule has 0 bridgehead atoms. The summed E-state index contributed by atoms with van der Waals surface area (Å²) in [6, 6.07) is 9.05. The molecule has 0 unspecified atom stereocenters. The number of anilines is 1. The third-order valence-electron chi connectivity index (χ3n) is 3.10. The second-order valence-electron chi connectivity index (χ2n) is 4.41. The predicted octanol–water partition coefficient (Wildman–Crippen LogP) is 3.06. The zero-order chi connectivity index (χ0) is 13.9. The summed E-state index contributed by atoms with van der Waals surface area (Å²) in [4.78, 5) is 2.00. The average Bonchev–Trinajstić information content (AvgIpc) is 2.38. The number of hydrogen-bond acceptors (Lipinski definition) is 3. The Hall–Kier alpha value is -1.74. The first-order valence-corrected chi connectivity index (χ1v) is 5.97. The van der Waals surface area contributed by atoms with E-state index in [0.29, 0.717) is 31.5 Å². The van der Waals surface area contributed by atoms with Crippen LogP contribution in [0, 0.1) is 11.3 Å². The van der Waals surface area contributed by atoms with Gasteiger partial charge in [0, 0.05) is 18.8 Å². The molecule has 1 aliphatic heterocycles. The molecule has 0 N–H and O–H groups in total. The van der Waals surface area contributed by atoms with E-state index in [1.54, 1.807) is 12.1 Å². The van der Waals surface area contributed by atoms with E-state index in [1.165, 1.54) is 0 Å². The number of hydrogen-bond donors (Lipinski definition) is 0. The minimum absolute atomic E-state index is 0.347. The van der Waals surface area contributed by atoms with Crippen molar-refractivity contribution in [1.82, 2.24) is 0 Å². The van der Waals surface area contributed by atoms with Gasteiger partial charge >= 0.3 is 6.36 Å². The van der Waals surface area contributed by atoms with Crippen molar-refractivity contribution in [2.24, 2.45) is 0 Å². The van der Waals surface area contributed by atoms with Crippen molar-refractivity contribution < 1.29 is 17.9 Å². The van der Waals surface area contributed by atoms with Crippen LogP contribution < -0.4 is 4.90 Å². The fraction of sp³-hybridized carbons (Fsp3) is 0.462. The van der Waals surface area contributed by atoms with Crippen molar-refractivity contribution in [3.63, 3.8) is 0 Å². The summed E-state index contributed by atoms with van der Waals surface area (Å²) in [5.74, 6) is 0. The van der Waals surface area contributed by atoms with Gasteiger partial charge in [0.2, 0.25) is 0 Å². The van der Waals surface area contributed by atoms with Crippen molar-refractivity contribution in [1.29, 1.82) is 5.26 Å². The number of alkyl halides is 3. The maximum absolute atomic E-state index is 12.1. The van der Waals surface area contributed by atoms with Gasteiger partial charge in [0.1, 0.15) is 0 Å². The Balaban J connectivity index is 1.91. The molecular formula is C13H13F3N2O. The molecule has 1 aliphatic rings. The van der Waals surface area contributed by atoms with Crippen LogP contribution in [0.15, 0.2) is 24.3 Å². The topological polar surface area (TPSA) is 36.3 Å². The van der Waals surface area contributed by atoms with Gasteiger partial charge < -0.3 is 4.90 Å². The molecule has 0 atom stereocenters. The van der Waals surface area contributed by atoms with E-state index in [-0.39, 0.29) is 0 Å². The lowest BCUT2D eigenvalue weighted by Crippen LogP contribution is -2.39. The van der Waals surface area contributed by atoms with Crippen LogP contribution in [0.2, 0.25) is 0 Å². The summed E-state index contributed by atoms with van der Waals surface area (Å²) in [7, 11) is 0. The van der Waals surface area contributed by atoms with Gasteiger partial charge in [-0.15, -0.1) is 13.2 Å². The van der Waals surface area contributed by atoms with E-state index >= 15 is 0 Å². The molecule has 0 amide bonds. The van der Waals surface area contributed by atoms with Crippen molar-refractivity contribution in [3.8, 4) is 6.07 Å². The highest BCUT2D eigenvalue weighted by atomic mass is 19.4. The number of nitrogens with zero attached hydrogens (tertiary/aromatic N) is 2. The van der Waals surface area contributed by atoms with Crippen molar-refractivity contribution in [3.05, 3.63) is 29.8 Å².